The van der Waals surface area contributed by atoms with Crippen molar-refractivity contribution in [3.8, 4) is 0 Å². The summed E-state index contributed by atoms with van der Waals surface area (Å²) in [5, 5.41) is 0. The van der Waals surface area contributed by atoms with E-state index in [-0.39, 0.29) is 119 Å². The minimum atomic E-state index is -0.357. The highest BCUT2D eigenvalue weighted by Crippen LogP contribution is 2.45. The van der Waals surface area contributed by atoms with Gasteiger partial charge in [0, 0.05) is 0 Å². The Morgan fingerprint density at radius 3 is 0.566 bits per heavy atom. The third-order valence-corrected chi connectivity index (χ3v) is 31.1. The topological polar surface area (TPSA) is 184 Å². The number of carbonyl (C=O) groups excluding carboxylic acids is 7. The van der Waals surface area contributed by atoms with Gasteiger partial charge >= 0.3 is 41.8 Å². The molecule has 7 aliphatic rings. The van der Waals surface area contributed by atoms with E-state index in [1.807, 2.05) is 118 Å². The van der Waals surface area contributed by atoms with Crippen LogP contribution in [0.4, 0.5) is 0 Å². The van der Waals surface area contributed by atoms with E-state index in [4.69, 9.17) is 33.2 Å². The molecule has 7 rings (SSSR count). The SMILES string of the molecule is CCC(C)(C)C(=O)OC1(C(C)C)CCCCCC1.CCC(C)(C)C(=O)OC1(C(C)C)CCCCCCC1.CCC(C)(C)C(=O)OC1(C)CCCCCC1.CCC(C)(C)C(=O)OC1(C)CCCCCCC1.CCC1(OC(=O)C(C)(C)CC)CCCCCC1.CCC1(OC(=O)C(C)(C)CC)CCCCCCC1.CCCC1(OC(=O)C(C)(C)CC)CCCCC1. The molecule has 0 aromatic heterocycles. The van der Waals surface area contributed by atoms with E-state index < -0.39 is 0 Å². The zero-order valence-corrected chi connectivity index (χ0v) is 86.3. The standard InChI is InChI=1S/C17H32O2.2C16H30O2.3C15H28O2.C14H26O2/c1-6-16(4,5)15(18)19-17(14(2)3)12-10-8-7-9-11-13-17;1-6-15(4,5)14(17)18-16(13(2)3)11-9-7-8-10-12-16;1-5-15(3,4)14(17)18-16(6-2)12-10-8-7-9-11-13-16;1-5-14(2,3)13(16)17-15(4)11-9-7-6-8-10-12-15;1-5-14(3,4)13(16)17-15(6-2)11-9-7-8-10-12-15;1-5-10-15(11-8-7-9-12-15)17-13(16)14(3,4)6-2;1-5-13(2,3)12(15)16-14(4)10-8-6-7-9-11-14/h14H,6-13H2,1-5H3;13H,6-12H2,1-5H3;5-13H2,1-4H3;3*5-12H2,1-4H3;5-11H2,1-4H3. The summed E-state index contributed by atoms with van der Waals surface area (Å²) in [6, 6.07) is 0. The Morgan fingerprint density at radius 2 is 0.377 bits per heavy atom. The number of ether oxygens (including phenoxy) is 7. The van der Waals surface area contributed by atoms with E-state index in [1.165, 1.54) is 193 Å². The lowest BCUT2D eigenvalue weighted by molar-refractivity contribution is -0.179. The van der Waals surface area contributed by atoms with Crippen LogP contribution < -0.4 is 0 Å². The highest BCUT2D eigenvalue weighted by Gasteiger charge is 2.46. The number of hydrogen-bond donors (Lipinski definition) is 0. The lowest BCUT2D eigenvalue weighted by Crippen LogP contribution is -2.44. The molecule has 0 aromatic rings. The molecule has 0 radical (unpaired) electrons. The van der Waals surface area contributed by atoms with E-state index >= 15 is 0 Å². The molecule has 14 heteroatoms. The quantitative estimate of drug-likeness (QED) is 0.0430. The molecule has 122 heavy (non-hydrogen) atoms. The maximum Gasteiger partial charge on any atom is 0.312 e. The van der Waals surface area contributed by atoms with Crippen molar-refractivity contribution in [1.82, 2.24) is 0 Å². The second-order valence-electron chi connectivity index (χ2n) is 44.8. The molecule has 0 bridgehead atoms. The van der Waals surface area contributed by atoms with Crippen LogP contribution in [0.3, 0.4) is 0 Å². The maximum atomic E-state index is 12.4. The fourth-order valence-electron chi connectivity index (χ4n) is 17.2. The molecule has 7 saturated carbocycles. The van der Waals surface area contributed by atoms with E-state index in [9.17, 15) is 33.6 Å². The second kappa shape index (κ2) is 55.3. The van der Waals surface area contributed by atoms with Crippen molar-refractivity contribution in [1.29, 1.82) is 0 Å². The third-order valence-electron chi connectivity index (χ3n) is 31.1. The van der Waals surface area contributed by atoms with Crippen LogP contribution in [0.15, 0.2) is 0 Å². The molecule has 0 amide bonds. The molecule has 718 valence electrons. The molecule has 7 aliphatic carbocycles. The number of rotatable bonds is 27. The van der Waals surface area contributed by atoms with Crippen LogP contribution in [0.2, 0.25) is 0 Å². The Hall–Kier alpha value is -3.71. The van der Waals surface area contributed by atoms with Gasteiger partial charge in [0.15, 0.2) is 0 Å². The smallest absolute Gasteiger partial charge is 0.312 e. The van der Waals surface area contributed by atoms with Crippen molar-refractivity contribution in [3.05, 3.63) is 0 Å². The van der Waals surface area contributed by atoms with Crippen molar-refractivity contribution in [2.75, 3.05) is 0 Å². The van der Waals surface area contributed by atoms with Crippen LogP contribution in [-0.2, 0) is 66.7 Å². The van der Waals surface area contributed by atoms with E-state index in [0.29, 0.717) is 11.8 Å². The Morgan fingerprint density at radius 1 is 0.221 bits per heavy atom. The van der Waals surface area contributed by atoms with Gasteiger partial charge in [0.05, 0.1) is 37.9 Å². The molecule has 14 nitrogen and oxygen atoms in total. The predicted octanol–water partition coefficient (Wildman–Crippen LogP) is 32.2. The lowest BCUT2D eigenvalue weighted by Gasteiger charge is -2.40. The van der Waals surface area contributed by atoms with Crippen molar-refractivity contribution < 1.29 is 66.7 Å². The van der Waals surface area contributed by atoms with Crippen LogP contribution in [0.25, 0.3) is 0 Å². The summed E-state index contributed by atoms with van der Waals surface area (Å²) in [7, 11) is 0. The van der Waals surface area contributed by atoms with Crippen LogP contribution in [0, 0.1) is 49.7 Å². The van der Waals surface area contributed by atoms with Crippen LogP contribution >= 0.6 is 0 Å². The molecule has 0 atom stereocenters. The summed E-state index contributed by atoms with van der Waals surface area (Å²) in [6.07, 6.45) is 61.9. The number of carbonyl (C=O) groups is 7. The van der Waals surface area contributed by atoms with Gasteiger partial charge in [0.1, 0.15) is 39.2 Å². The molecular weight excluding hydrogens is 1520 g/mol. The molecule has 0 saturated heterocycles. The van der Waals surface area contributed by atoms with E-state index in [2.05, 4.69) is 90.0 Å². The van der Waals surface area contributed by atoms with Crippen LogP contribution in [-0.4, -0.2) is 81.0 Å². The highest BCUT2D eigenvalue weighted by atomic mass is 16.6. The summed E-state index contributed by atoms with van der Waals surface area (Å²) in [6.45, 7) is 61.6. The lowest BCUT2D eigenvalue weighted by atomic mass is 9.78. The van der Waals surface area contributed by atoms with E-state index in [0.717, 1.165) is 161 Å². The van der Waals surface area contributed by atoms with Crippen molar-refractivity contribution in [3.63, 3.8) is 0 Å². The summed E-state index contributed by atoms with van der Waals surface area (Å²) < 4.78 is 41.6. The molecule has 0 N–H and O–H groups in total. The summed E-state index contributed by atoms with van der Waals surface area (Å²) in [4.78, 5) is 85.8. The second-order valence-corrected chi connectivity index (χ2v) is 44.8. The first-order chi connectivity index (χ1) is 56.8. The van der Waals surface area contributed by atoms with Crippen molar-refractivity contribution in [2.24, 2.45) is 49.7 Å². The molecular formula is C108H202O14. The molecule has 0 unspecified atom stereocenters. The van der Waals surface area contributed by atoms with Crippen LogP contribution in [0.5, 0.6) is 0 Å². The first-order valence-electron chi connectivity index (χ1n) is 51.5. The zero-order chi connectivity index (χ0) is 93.0. The monoisotopic (exact) mass is 1720 g/mol. The Kier molecular flexibility index (Phi) is 52.8. The molecule has 0 heterocycles. The first-order valence-corrected chi connectivity index (χ1v) is 51.5. The van der Waals surface area contributed by atoms with Gasteiger partial charge in [-0.05, 0) is 367 Å². The Balaban J connectivity index is 0.000000712. The molecule has 0 aliphatic heterocycles. The molecule has 0 aromatic carbocycles. The number of esters is 7. The minimum absolute atomic E-state index is 0.00431. The molecule has 7 fully saturated rings. The average Bonchev–Trinajstić information content (AvgIpc) is 1.53. The minimum Gasteiger partial charge on any atom is -0.459 e. The fraction of sp³-hybridized carbons (Fsp3) is 0.935. The van der Waals surface area contributed by atoms with Gasteiger partial charge in [0.2, 0.25) is 0 Å². The number of hydrogen-bond acceptors (Lipinski definition) is 14. The zero-order valence-electron chi connectivity index (χ0n) is 86.3. The van der Waals surface area contributed by atoms with Gasteiger partial charge in [-0.25, -0.2) is 0 Å². The van der Waals surface area contributed by atoms with E-state index in [1.54, 1.807) is 0 Å². The largest absolute Gasteiger partial charge is 0.459 e. The Bertz CT molecular complexity index is 2850. The predicted molar refractivity (Wildman–Crippen MR) is 510 cm³/mol. The molecule has 0 spiro atoms. The summed E-state index contributed by atoms with van der Waals surface area (Å²) in [5.74, 6) is 0.716. The third kappa shape index (κ3) is 40.5. The van der Waals surface area contributed by atoms with Crippen molar-refractivity contribution >= 4 is 41.8 Å². The van der Waals surface area contributed by atoms with Gasteiger partial charge in [-0.3, -0.25) is 33.6 Å². The maximum absolute atomic E-state index is 12.4. The van der Waals surface area contributed by atoms with Gasteiger partial charge < -0.3 is 33.2 Å². The fourth-order valence-corrected chi connectivity index (χ4v) is 17.2. The van der Waals surface area contributed by atoms with Crippen LogP contribution in [0.1, 0.15) is 561 Å². The van der Waals surface area contributed by atoms with Gasteiger partial charge in [-0.15, -0.1) is 0 Å². The highest BCUT2D eigenvalue weighted by molar-refractivity contribution is 5.79. The van der Waals surface area contributed by atoms with Gasteiger partial charge in [-0.1, -0.05) is 206 Å². The Labute approximate surface area is 754 Å². The summed E-state index contributed by atoms with van der Waals surface area (Å²) in [5.41, 5.74) is -3.75. The van der Waals surface area contributed by atoms with Gasteiger partial charge in [-0.2, -0.15) is 0 Å². The summed E-state index contributed by atoms with van der Waals surface area (Å²) >= 11 is 0. The van der Waals surface area contributed by atoms with Gasteiger partial charge in [0.25, 0.3) is 0 Å². The normalized spacial score (nSPS) is 20.8. The van der Waals surface area contributed by atoms with Crippen molar-refractivity contribution in [2.45, 2.75) is 600 Å². The first kappa shape index (κ1) is 116. The average molecular weight is 1720 g/mol.